The van der Waals surface area contributed by atoms with Gasteiger partial charge in [-0.2, -0.15) is 8.42 Å². The number of carbonyl (C=O) groups is 1. The number of likely N-dealkylation sites (N-methyl/N-ethyl adjacent to an activating group) is 1. The highest BCUT2D eigenvalue weighted by atomic mass is 32.2. The number of amides is 1. The van der Waals surface area contributed by atoms with Gasteiger partial charge in [0.05, 0.1) is 20.6 Å². The number of nitrogens with zero attached hydrogens (tertiary/aromatic N) is 1. The first-order chi connectivity index (χ1) is 8.02. The van der Waals surface area contributed by atoms with Crippen LogP contribution in [0.15, 0.2) is 12.2 Å². The predicted molar refractivity (Wildman–Crippen MR) is 68.4 cm³/mol. The highest BCUT2D eigenvalue weighted by molar-refractivity contribution is 7.86. The van der Waals surface area contributed by atoms with E-state index in [9.17, 15) is 13.2 Å². The normalized spacial score (nSPS) is 14.3. The summed E-state index contributed by atoms with van der Waals surface area (Å²) in [5.41, 5.74) is -0.891. The van der Waals surface area contributed by atoms with Crippen LogP contribution in [0.25, 0.3) is 0 Å². The Morgan fingerprint density at radius 1 is 1.44 bits per heavy atom. The molecule has 0 aromatic heterocycles. The third kappa shape index (κ3) is 5.26. The van der Waals surface area contributed by atoms with Crippen molar-refractivity contribution >= 4 is 16.0 Å². The van der Waals surface area contributed by atoms with Crippen LogP contribution >= 0.6 is 0 Å². The first kappa shape index (κ1) is 17.2. The second kappa shape index (κ2) is 6.42. The van der Waals surface area contributed by atoms with Crippen LogP contribution in [0.1, 0.15) is 20.3 Å². The van der Waals surface area contributed by atoms with Gasteiger partial charge in [0.1, 0.15) is 0 Å². The van der Waals surface area contributed by atoms with E-state index < -0.39 is 15.6 Å². The Hall–Kier alpha value is -0.760. The van der Waals surface area contributed by atoms with Gasteiger partial charge in [-0.25, -0.2) is 4.79 Å². The average Bonchev–Trinajstić information content (AvgIpc) is 2.21. The molecule has 0 saturated carbocycles. The molecule has 6 nitrogen and oxygen atoms in total. The first-order valence-electron chi connectivity index (χ1n) is 5.63. The third-order valence-corrected chi connectivity index (χ3v) is 3.56. The fourth-order valence-corrected chi connectivity index (χ4v) is 2.26. The number of hydrogen-bond donors (Lipinski definition) is 1. The van der Waals surface area contributed by atoms with Gasteiger partial charge in [-0.05, 0) is 13.8 Å². The maximum atomic E-state index is 11.8. The Balaban J connectivity index is 4.72. The Labute approximate surface area is 109 Å². The van der Waals surface area contributed by atoms with Gasteiger partial charge in [0.25, 0.3) is 10.1 Å². The minimum atomic E-state index is -4.26. The van der Waals surface area contributed by atoms with Gasteiger partial charge in [-0.15, -0.1) is 0 Å². The van der Waals surface area contributed by atoms with Crippen molar-refractivity contribution in [1.29, 1.82) is 0 Å². The van der Waals surface area contributed by atoms with E-state index in [0.717, 1.165) is 0 Å². The van der Waals surface area contributed by atoms with Crippen LogP contribution in [0.5, 0.6) is 0 Å². The van der Waals surface area contributed by atoms with Gasteiger partial charge in [0, 0.05) is 18.6 Å². The van der Waals surface area contributed by atoms with E-state index in [2.05, 4.69) is 6.58 Å². The number of hydrogen-bond acceptors (Lipinski definition) is 4. The van der Waals surface area contributed by atoms with Crippen molar-refractivity contribution in [2.24, 2.45) is 0 Å². The van der Waals surface area contributed by atoms with Gasteiger partial charge < -0.3 is 4.74 Å². The molecule has 1 amide bonds. The van der Waals surface area contributed by atoms with Crippen molar-refractivity contribution in [2.75, 3.05) is 27.2 Å². The average molecular weight is 280 g/mol. The summed E-state index contributed by atoms with van der Waals surface area (Å²) in [6.45, 7) is 7.21. The number of ether oxygens (including phenoxy) is 1. The summed E-state index contributed by atoms with van der Waals surface area (Å²) in [4.78, 5) is 11.8. The molecule has 0 aliphatic rings. The molecule has 0 radical (unpaired) electrons. The van der Waals surface area contributed by atoms with Gasteiger partial charge in [-0.3, -0.25) is 9.04 Å². The molecule has 1 N–H and O–H groups in total. The number of quaternary nitrogens is 1. The van der Waals surface area contributed by atoms with Crippen molar-refractivity contribution in [3.8, 4) is 0 Å². The largest absolute Gasteiger partial charge is 0.360 e. The molecule has 0 bridgehead atoms. The van der Waals surface area contributed by atoms with Crippen molar-refractivity contribution in [1.82, 2.24) is 0 Å². The monoisotopic (exact) mass is 280 g/mol. The molecule has 0 aliphatic carbocycles. The molecule has 18 heavy (non-hydrogen) atoms. The van der Waals surface area contributed by atoms with Crippen LogP contribution in [0.4, 0.5) is 0 Å². The van der Waals surface area contributed by atoms with Gasteiger partial charge in [-0.1, -0.05) is 6.58 Å². The zero-order valence-electron chi connectivity index (χ0n) is 11.3. The molecular formula is C11H22NO5S+. The highest BCUT2D eigenvalue weighted by Gasteiger charge is 2.31. The highest BCUT2D eigenvalue weighted by Crippen LogP contribution is 2.12. The zero-order chi connectivity index (χ0) is 14.6. The SMILES string of the molecule is C=C(C)C(=O)[N+](C)(C)CCC(OCC)S(=O)(=O)O. The Morgan fingerprint density at radius 3 is 2.28 bits per heavy atom. The molecule has 0 spiro atoms. The Kier molecular flexibility index (Phi) is 6.15. The number of rotatable bonds is 7. The zero-order valence-corrected chi connectivity index (χ0v) is 12.2. The summed E-state index contributed by atoms with van der Waals surface area (Å²) in [6.07, 6.45) is 0.0404. The van der Waals surface area contributed by atoms with E-state index >= 15 is 0 Å². The minimum Gasteiger partial charge on any atom is -0.360 e. The van der Waals surface area contributed by atoms with Crippen LogP contribution < -0.4 is 0 Å². The lowest BCUT2D eigenvalue weighted by Gasteiger charge is -2.28. The predicted octanol–water partition coefficient (Wildman–Crippen LogP) is 0.806. The molecule has 0 fully saturated rings. The van der Waals surface area contributed by atoms with Crippen molar-refractivity contribution in [3.05, 3.63) is 12.2 Å². The molecule has 7 heteroatoms. The molecule has 0 aliphatic heterocycles. The molecule has 0 saturated heterocycles. The van der Waals surface area contributed by atoms with Gasteiger partial charge in [0.2, 0.25) is 0 Å². The quantitative estimate of drug-likeness (QED) is 0.424. The topological polar surface area (TPSA) is 80.7 Å². The van der Waals surface area contributed by atoms with E-state index in [4.69, 9.17) is 9.29 Å². The molecule has 106 valence electrons. The lowest BCUT2D eigenvalue weighted by atomic mass is 10.2. The maximum absolute atomic E-state index is 11.8. The standard InChI is InChI=1S/C11H21NO5S/c1-6-17-10(18(14,15)16)7-8-12(4,5)11(13)9(2)3/h10H,2,6-8H2,1,3-5H3/p+1. The molecule has 0 aromatic carbocycles. The Morgan fingerprint density at radius 2 is 1.94 bits per heavy atom. The summed E-state index contributed by atoms with van der Waals surface area (Å²) in [5, 5.41) is 0. The van der Waals surface area contributed by atoms with Crippen LogP contribution in [0, 0.1) is 0 Å². The van der Waals surface area contributed by atoms with Crippen LogP contribution in [-0.4, -0.2) is 56.0 Å². The van der Waals surface area contributed by atoms with E-state index in [0.29, 0.717) is 5.57 Å². The van der Waals surface area contributed by atoms with E-state index in [-0.39, 0.29) is 30.0 Å². The molecular weight excluding hydrogens is 258 g/mol. The van der Waals surface area contributed by atoms with Crippen molar-refractivity contribution < 1.29 is 27.0 Å². The van der Waals surface area contributed by atoms with Crippen molar-refractivity contribution in [3.63, 3.8) is 0 Å². The number of carbonyl (C=O) groups excluding carboxylic acids is 1. The lowest BCUT2D eigenvalue weighted by molar-refractivity contribution is -0.812. The molecule has 1 unspecified atom stereocenters. The summed E-state index contributed by atoms with van der Waals surface area (Å²) < 4.78 is 36.0. The summed E-state index contributed by atoms with van der Waals surface area (Å²) >= 11 is 0. The van der Waals surface area contributed by atoms with Gasteiger partial charge in [0.15, 0.2) is 5.44 Å². The summed E-state index contributed by atoms with van der Waals surface area (Å²) in [5.74, 6) is -0.180. The fraction of sp³-hybridized carbons (Fsp3) is 0.727. The van der Waals surface area contributed by atoms with Crippen molar-refractivity contribution in [2.45, 2.75) is 25.7 Å². The van der Waals surface area contributed by atoms with E-state index in [1.165, 1.54) is 0 Å². The smallest absolute Gasteiger partial charge is 0.340 e. The fourth-order valence-electron chi connectivity index (χ4n) is 1.55. The Bertz CT molecular complexity index is 413. The first-order valence-corrected chi connectivity index (χ1v) is 7.14. The molecule has 0 rings (SSSR count). The lowest BCUT2D eigenvalue weighted by Crippen LogP contribution is -2.48. The van der Waals surface area contributed by atoms with E-state index in [1.807, 2.05) is 0 Å². The summed E-state index contributed by atoms with van der Waals surface area (Å²) in [6, 6.07) is 0. The second-order valence-electron chi connectivity index (χ2n) is 4.68. The maximum Gasteiger partial charge on any atom is 0.340 e. The van der Waals surface area contributed by atoms with Crippen LogP contribution in [0.2, 0.25) is 0 Å². The molecule has 1 atom stereocenters. The third-order valence-electron chi connectivity index (χ3n) is 2.52. The van der Waals surface area contributed by atoms with E-state index in [1.54, 1.807) is 27.9 Å². The van der Waals surface area contributed by atoms with Crippen LogP contribution in [0.3, 0.4) is 0 Å². The molecule has 0 aromatic rings. The summed E-state index contributed by atoms with van der Waals surface area (Å²) in [7, 11) is -0.948. The molecule has 0 heterocycles. The second-order valence-corrected chi connectivity index (χ2v) is 6.24. The van der Waals surface area contributed by atoms with Gasteiger partial charge >= 0.3 is 5.91 Å². The van der Waals surface area contributed by atoms with Crippen LogP contribution in [-0.2, 0) is 19.6 Å². The minimum absolute atomic E-state index is 0.0333.